The third-order valence-electron chi connectivity index (χ3n) is 2.14. The maximum atomic E-state index is 12.0. The molecule has 0 radical (unpaired) electrons. The molecule has 0 fully saturated rings. The fourth-order valence-electron chi connectivity index (χ4n) is 1.38. The summed E-state index contributed by atoms with van der Waals surface area (Å²) in [5.74, 6) is -0.170. The first-order valence-electron chi connectivity index (χ1n) is 4.90. The minimum Gasteiger partial charge on any atom is -0.387 e. The number of nitrogens with zero attached hydrogens (tertiary/aromatic N) is 1. The van der Waals surface area contributed by atoms with Crippen molar-refractivity contribution in [1.82, 2.24) is 4.98 Å². The van der Waals surface area contributed by atoms with E-state index < -0.39 is 0 Å². The summed E-state index contributed by atoms with van der Waals surface area (Å²) in [5.41, 5.74) is 1.39. The Morgan fingerprint density at radius 1 is 1.41 bits per heavy atom. The van der Waals surface area contributed by atoms with Gasteiger partial charge in [-0.2, -0.15) is 0 Å². The monoisotopic (exact) mass is 311 g/mol. The molecule has 0 saturated heterocycles. The van der Waals surface area contributed by atoms with Crippen LogP contribution in [0.2, 0.25) is 0 Å². The van der Waals surface area contributed by atoms with Gasteiger partial charge in [0.2, 0.25) is 0 Å². The summed E-state index contributed by atoms with van der Waals surface area (Å²) in [5, 5.41) is 6.31. The molecule has 1 heterocycles. The minimum atomic E-state index is -0.170. The highest BCUT2D eigenvalue weighted by Crippen LogP contribution is 2.24. The summed E-state index contributed by atoms with van der Waals surface area (Å²) >= 11 is 4.68. The van der Waals surface area contributed by atoms with Crippen molar-refractivity contribution in [2.45, 2.75) is 0 Å². The van der Waals surface area contributed by atoms with Gasteiger partial charge in [-0.25, -0.2) is 4.98 Å². The molecule has 0 unspecified atom stereocenters. The second kappa shape index (κ2) is 5.29. The van der Waals surface area contributed by atoms with Crippen LogP contribution in [-0.4, -0.2) is 17.9 Å². The molecular weight excluding hydrogens is 302 g/mol. The van der Waals surface area contributed by atoms with E-state index in [1.807, 2.05) is 18.2 Å². The van der Waals surface area contributed by atoms with E-state index in [9.17, 15) is 4.79 Å². The number of benzene rings is 1. The maximum Gasteiger partial charge on any atom is 0.259 e. The van der Waals surface area contributed by atoms with Gasteiger partial charge in [-0.05, 0) is 28.1 Å². The largest absolute Gasteiger partial charge is 0.387 e. The number of para-hydroxylation sites is 1. The first-order valence-corrected chi connectivity index (χ1v) is 6.51. The molecule has 0 aliphatic heterocycles. The summed E-state index contributed by atoms with van der Waals surface area (Å²) in [6.07, 6.45) is 1.66. The van der Waals surface area contributed by atoms with Crippen molar-refractivity contribution in [3.8, 4) is 0 Å². The van der Waals surface area contributed by atoms with Crippen LogP contribution in [0.4, 0.5) is 10.8 Å². The highest BCUT2D eigenvalue weighted by molar-refractivity contribution is 9.11. The first-order chi connectivity index (χ1) is 8.20. The van der Waals surface area contributed by atoms with Gasteiger partial charge < -0.3 is 5.32 Å². The summed E-state index contributed by atoms with van der Waals surface area (Å²) in [7, 11) is 1.78. The molecule has 2 N–H and O–H groups in total. The fourth-order valence-corrected chi connectivity index (χ4v) is 2.48. The number of nitrogens with one attached hydrogen (secondary N) is 2. The number of carbonyl (C=O) groups is 1. The van der Waals surface area contributed by atoms with Gasteiger partial charge in [0.05, 0.1) is 15.5 Å². The summed E-state index contributed by atoms with van der Waals surface area (Å²) in [6, 6.07) is 7.33. The predicted octanol–water partition coefficient (Wildman–Crippen LogP) is 3.20. The average Bonchev–Trinajstić information content (AvgIpc) is 2.74. The Morgan fingerprint density at radius 2 is 2.18 bits per heavy atom. The number of halogens is 1. The summed E-state index contributed by atoms with van der Waals surface area (Å²) in [4.78, 5) is 16.1. The SMILES string of the molecule is CNc1ccccc1C(=O)Nc1ncc(Br)s1. The molecule has 6 heteroatoms. The van der Waals surface area contributed by atoms with Gasteiger partial charge in [0.15, 0.2) is 5.13 Å². The van der Waals surface area contributed by atoms with Crippen LogP contribution < -0.4 is 10.6 Å². The van der Waals surface area contributed by atoms with Crippen LogP contribution in [0.5, 0.6) is 0 Å². The molecule has 1 amide bonds. The minimum absolute atomic E-state index is 0.170. The van der Waals surface area contributed by atoms with Crippen molar-refractivity contribution in [2.24, 2.45) is 0 Å². The van der Waals surface area contributed by atoms with Crippen LogP contribution in [-0.2, 0) is 0 Å². The second-order valence-corrected chi connectivity index (χ2v) is 5.63. The molecule has 1 aromatic heterocycles. The topological polar surface area (TPSA) is 54.0 Å². The van der Waals surface area contributed by atoms with Crippen LogP contribution in [0, 0.1) is 0 Å². The molecule has 0 aliphatic rings. The molecule has 1 aromatic carbocycles. The predicted molar refractivity (Wildman–Crippen MR) is 73.8 cm³/mol. The number of thiazole rings is 1. The lowest BCUT2D eigenvalue weighted by Crippen LogP contribution is -2.13. The van der Waals surface area contributed by atoms with E-state index in [-0.39, 0.29) is 5.91 Å². The molecule has 88 valence electrons. The van der Waals surface area contributed by atoms with Gasteiger partial charge in [0, 0.05) is 12.7 Å². The third kappa shape index (κ3) is 2.83. The van der Waals surface area contributed by atoms with Gasteiger partial charge in [-0.15, -0.1) is 0 Å². The lowest BCUT2D eigenvalue weighted by atomic mass is 10.1. The lowest BCUT2D eigenvalue weighted by molar-refractivity contribution is 0.102. The maximum absolute atomic E-state index is 12.0. The standard InChI is InChI=1S/C11H10BrN3OS/c1-13-8-5-3-2-4-7(8)10(16)15-11-14-6-9(12)17-11/h2-6,13H,1H3,(H,14,15,16). The molecule has 4 nitrogen and oxygen atoms in total. The zero-order valence-corrected chi connectivity index (χ0v) is 11.4. The number of aromatic nitrogens is 1. The molecule has 0 bridgehead atoms. The summed E-state index contributed by atoms with van der Waals surface area (Å²) < 4.78 is 0.884. The number of hydrogen-bond donors (Lipinski definition) is 2. The Kier molecular flexibility index (Phi) is 3.75. The smallest absolute Gasteiger partial charge is 0.259 e. The van der Waals surface area contributed by atoms with E-state index in [1.165, 1.54) is 11.3 Å². The van der Waals surface area contributed by atoms with Crippen molar-refractivity contribution in [3.05, 3.63) is 39.8 Å². The van der Waals surface area contributed by atoms with E-state index in [2.05, 4.69) is 31.5 Å². The van der Waals surface area contributed by atoms with E-state index in [1.54, 1.807) is 19.3 Å². The van der Waals surface area contributed by atoms with Crippen LogP contribution >= 0.6 is 27.3 Å². The normalized spacial score (nSPS) is 10.0. The Hall–Kier alpha value is -1.40. The van der Waals surface area contributed by atoms with Gasteiger partial charge in [0.1, 0.15) is 0 Å². The molecule has 0 saturated carbocycles. The highest BCUT2D eigenvalue weighted by atomic mass is 79.9. The second-order valence-electron chi connectivity index (χ2n) is 3.22. The Bertz CT molecular complexity index is 541. The molecule has 17 heavy (non-hydrogen) atoms. The lowest BCUT2D eigenvalue weighted by Gasteiger charge is -2.07. The third-order valence-corrected chi connectivity index (χ3v) is 3.53. The van der Waals surface area contributed by atoms with Gasteiger partial charge in [-0.1, -0.05) is 23.5 Å². The number of rotatable bonds is 3. The van der Waals surface area contributed by atoms with Crippen molar-refractivity contribution >= 4 is 44.0 Å². The number of amides is 1. The average molecular weight is 312 g/mol. The Labute approximate surface area is 111 Å². The molecule has 0 aliphatic carbocycles. The summed E-state index contributed by atoms with van der Waals surface area (Å²) in [6.45, 7) is 0. The highest BCUT2D eigenvalue weighted by Gasteiger charge is 2.11. The van der Waals surface area contributed by atoms with Crippen molar-refractivity contribution < 1.29 is 4.79 Å². The van der Waals surface area contributed by atoms with Gasteiger partial charge in [0.25, 0.3) is 5.91 Å². The van der Waals surface area contributed by atoms with E-state index in [0.717, 1.165) is 9.47 Å². The number of hydrogen-bond acceptors (Lipinski definition) is 4. The zero-order valence-electron chi connectivity index (χ0n) is 9.03. The molecule has 0 spiro atoms. The first kappa shape index (κ1) is 12.1. The van der Waals surface area contributed by atoms with Crippen LogP contribution in [0.25, 0.3) is 0 Å². The van der Waals surface area contributed by atoms with Gasteiger partial charge >= 0.3 is 0 Å². The van der Waals surface area contributed by atoms with E-state index in [0.29, 0.717) is 10.7 Å². The molecule has 2 rings (SSSR count). The van der Waals surface area contributed by atoms with Crippen molar-refractivity contribution in [1.29, 1.82) is 0 Å². The fraction of sp³-hybridized carbons (Fsp3) is 0.0909. The molecule has 0 atom stereocenters. The number of anilines is 2. The van der Waals surface area contributed by atoms with Crippen molar-refractivity contribution in [2.75, 3.05) is 17.7 Å². The van der Waals surface area contributed by atoms with E-state index >= 15 is 0 Å². The molecular formula is C11H10BrN3OS. The van der Waals surface area contributed by atoms with E-state index in [4.69, 9.17) is 0 Å². The van der Waals surface area contributed by atoms with Crippen molar-refractivity contribution in [3.63, 3.8) is 0 Å². The van der Waals surface area contributed by atoms with Crippen LogP contribution in [0.1, 0.15) is 10.4 Å². The number of carbonyl (C=O) groups excluding carboxylic acids is 1. The van der Waals surface area contributed by atoms with Crippen LogP contribution in [0.15, 0.2) is 34.2 Å². The van der Waals surface area contributed by atoms with Gasteiger partial charge in [-0.3, -0.25) is 10.1 Å². The quantitative estimate of drug-likeness (QED) is 0.915. The zero-order chi connectivity index (χ0) is 12.3. The Morgan fingerprint density at radius 3 is 2.82 bits per heavy atom. The molecule has 2 aromatic rings. The Balaban J connectivity index is 2.20. The van der Waals surface area contributed by atoms with Crippen LogP contribution in [0.3, 0.4) is 0 Å².